The number of nitrogens with zero attached hydrogens (tertiary/aromatic N) is 2. The first-order chi connectivity index (χ1) is 14.2. The Morgan fingerprint density at radius 3 is 2.10 bits per heavy atom. The van der Waals surface area contributed by atoms with Crippen molar-refractivity contribution in [3.63, 3.8) is 0 Å². The second kappa shape index (κ2) is 12.8. The number of methoxy groups -OCH3 is 3. The van der Waals surface area contributed by atoms with Crippen LogP contribution in [0.5, 0.6) is 17.2 Å². The van der Waals surface area contributed by atoms with Gasteiger partial charge in [-0.15, -0.1) is 0 Å². The van der Waals surface area contributed by atoms with Crippen molar-refractivity contribution in [2.75, 3.05) is 59.8 Å². The maximum absolute atomic E-state index is 11.2. The van der Waals surface area contributed by atoms with E-state index in [-0.39, 0.29) is 36.1 Å². The molecular weight excluding hydrogens is 439 g/mol. The van der Waals surface area contributed by atoms with Gasteiger partial charge < -0.3 is 18.9 Å². The number of carbonyl (C=O) groups excluding carboxylic acids is 1. The Hall–Kier alpha value is -1.08. The molecule has 0 spiro atoms. The summed E-state index contributed by atoms with van der Waals surface area (Å²) in [6.07, 6.45) is -0.907. The molecule has 1 heterocycles. The Morgan fingerprint density at radius 2 is 1.61 bits per heavy atom. The van der Waals surface area contributed by atoms with E-state index in [1.165, 1.54) is 6.92 Å². The zero-order valence-electron chi connectivity index (χ0n) is 17.8. The average Bonchev–Trinajstić information content (AvgIpc) is 2.67. The van der Waals surface area contributed by atoms with Gasteiger partial charge in [0.15, 0.2) is 11.5 Å². The van der Waals surface area contributed by atoms with Crippen molar-refractivity contribution >= 4 is 45.6 Å². The Balaban J connectivity index is 0.00000480. The molecule has 1 unspecified atom stereocenters. The van der Waals surface area contributed by atoms with Crippen molar-refractivity contribution in [3.05, 3.63) is 17.7 Å². The van der Waals surface area contributed by atoms with E-state index >= 15 is 0 Å². The van der Waals surface area contributed by atoms with Crippen LogP contribution in [0.4, 0.5) is 0 Å². The van der Waals surface area contributed by atoms with Gasteiger partial charge in [0.2, 0.25) is 5.75 Å². The molecule has 1 fully saturated rings. The third kappa shape index (κ3) is 8.76. The quantitative estimate of drug-likeness (QED) is 0.285. The molecule has 1 aliphatic heterocycles. The predicted molar refractivity (Wildman–Crippen MR) is 117 cm³/mol. The zero-order chi connectivity index (χ0) is 22.3. The number of hydrogen-bond donors (Lipinski definition) is 1. The first-order valence-corrected chi connectivity index (χ1v) is 11.1. The van der Waals surface area contributed by atoms with Crippen LogP contribution in [0.3, 0.4) is 0 Å². The molecule has 0 amide bonds. The van der Waals surface area contributed by atoms with Gasteiger partial charge in [-0.3, -0.25) is 19.1 Å². The molecule has 2 rings (SSSR count). The molecule has 0 saturated carbocycles. The van der Waals surface area contributed by atoms with E-state index in [0.29, 0.717) is 36.9 Å². The summed E-state index contributed by atoms with van der Waals surface area (Å²) < 4.78 is 52.8. The third-order valence-electron chi connectivity index (χ3n) is 4.84. The fourth-order valence-electron chi connectivity index (χ4n) is 3.54. The molecule has 1 aromatic carbocycles. The van der Waals surface area contributed by atoms with E-state index in [2.05, 4.69) is 4.90 Å². The Kier molecular flexibility index (Phi) is 11.6. The van der Waals surface area contributed by atoms with Crippen molar-refractivity contribution < 1.29 is 36.7 Å². The summed E-state index contributed by atoms with van der Waals surface area (Å²) in [5, 5.41) is 0. The molecule has 1 aromatic rings. The summed E-state index contributed by atoms with van der Waals surface area (Å²) in [5.74, 6) is 0.573. The van der Waals surface area contributed by atoms with Gasteiger partial charge in [-0.05, 0) is 6.07 Å². The van der Waals surface area contributed by atoms with Crippen LogP contribution in [0, 0.1) is 0 Å². The Bertz CT molecular complexity index is 828. The summed E-state index contributed by atoms with van der Waals surface area (Å²) >= 11 is 0. The third-order valence-corrected chi connectivity index (χ3v) is 5.63. The normalized spacial score (nSPS) is 16.2. The summed E-state index contributed by atoms with van der Waals surface area (Å²) in [5.41, 5.74) is 0.966. The molecule has 12 heteroatoms. The van der Waals surface area contributed by atoms with E-state index in [4.69, 9.17) is 23.5 Å². The summed E-state index contributed by atoms with van der Waals surface area (Å²) in [6, 6.07) is 3.78. The van der Waals surface area contributed by atoms with Crippen molar-refractivity contribution in [2.45, 2.75) is 19.6 Å². The van der Waals surface area contributed by atoms with Gasteiger partial charge >= 0.3 is 35.5 Å². The first-order valence-electron chi connectivity index (χ1n) is 9.51. The number of hydrogen-bond acceptors (Lipinski definition) is 9. The van der Waals surface area contributed by atoms with Crippen LogP contribution in [0.2, 0.25) is 0 Å². The summed E-state index contributed by atoms with van der Waals surface area (Å²) in [7, 11) is 0.480. The zero-order valence-corrected chi connectivity index (χ0v) is 18.6. The van der Waals surface area contributed by atoms with Crippen LogP contribution in [-0.2, 0) is 26.2 Å². The van der Waals surface area contributed by atoms with Gasteiger partial charge in [0.25, 0.3) is 10.1 Å². The molecule has 0 aromatic heterocycles. The van der Waals surface area contributed by atoms with Crippen molar-refractivity contribution in [1.82, 2.24) is 9.80 Å². The van der Waals surface area contributed by atoms with Gasteiger partial charge in [0, 0.05) is 51.8 Å². The molecule has 1 saturated heterocycles. The van der Waals surface area contributed by atoms with Gasteiger partial charge in [-0.2, -0.15) is 8.42 Å². The van der Waals surface area contributed by atoms with E-state index in [1.54, 1.807) is 21.3 Å². The van der Waals surface area contributed by atoms with Crippen LogP contribution in [0.1, 0.15) is 12.5 Å². The van der Waals surface area contributed by atoms with E-state index in [0.717, 1.165) is 18.7 Å². The van der Waals surface area contributed by atoms with Crippen molar-refractivity contribution in [2.24, 2.45) is 0 Å². The standard InChI is InChI=1S/C19H30N2O8S.Na.H/c1-14(22)29-16(13-30(23,24)25)12-21-9-7-20(8-10-21)11-15-5-6-17(26-2)19(28-4)18(15)27-3;;/h5-6,16H,7-13H2,1-4H3,(H,23,24,25);;. The van der Waals surface area contributed by atoms with E-state index < -0.39 is 27.9 Å². The number of esters is 1. The molecule has 1 atom stereocenters. The van der Waals surface area contributed by atoms with E-state index in [1.807, 2.05) is 17.0 Å². The summed E-state index contributed by atoms with van der Waals surface area (Å²) in [4.78, 5) is 15.5. The minimum atomic E-state index is -4.24. The molecule has 31 heavy (non-hydrogen) atoms. The maximum atomic E-state index is 11.2. The molecule has 0 bridgehead atoms. The van der Waals surface area contributed by atoms with Gasteiger partial charge in [0.05, 0.1) is 21.3 Å². The predicted octanol–water partition coefficient (Wildman–Crippen LogP) is 0.00100. The van der Waals surface area contributed by atoms with Crippen molar-refractivity contribution in [3.8, 4) is 17.2 Å². The van der Waals surface area contributed by atoms with Crippen LogP contribution in [0.25, 0.3) is 0 Å². The molecule has 0 aliphatic carbocycles. The summed E-state index contributed by atoms with van der Waals surface area (Å²) in [6.45, 7) is 4.90. The number of carbonyl (C=O) groups is 1. The molecule has 1 aliphatic rings. The fraction of sp³-hybridized carbons (Fsp3) is 0.632. The Morgan fingerprint density at radius 1 is 1.03 bits per heavy atom. The second-order valence-corrected chi connectivity index (χ2v) is 8.55. The van der Waals surface area contributed by atoms with Crippen molar-refractivity contribution in [1.29, 1.82) is 0 Å². The molecule has 1 N–H and O–H groups in total. The first kappa shape index (κ1) is 28.0. The van der Waals surface area contributed by atoms with Gasteiger partial charge in [-0.25, -0.2) is 0 Å². The van der Waals surface area contributed by atoms with Crippen LogP contribution >= 0.6 is 0 Å². The van der Waals surface area contributed by atoms with Gasteiger partial charge in [0.1, 0.15) is 11.9 Å². The Labute approximate surface area is 205 Å². The van der Waals surface area contributed by atoms with Crippen LogP contribution < -0.4 is 14.2 Å². The monoisotopic (exact) mass is 470 g/mol. The molecular formula is C19H31N2NaO8S. The number of ether oxygens (including phenoxy) is 4. The number of benzene rings is 1. The van der Waals surface area contributed by atoms with E-state index in [9.17, 15) is 13.2 Å². The molecule has 0 radical (unpaired) electrons. The topological polar surface area (TPSA) is 115 Å². The fourth-order valence-corrected chi connectivity index (χ4v) is 4.18. The van der Waals surface area contributed by atoms with Crippen LogP contribution in [-0.4, -0.2) is 124 Å². The minimum absolute atomic E-state index is 0. The molecule has 10 nitrogen and oxygen atoms in total. The number of rotatable bonds is 10. The second-order valence-electron chi connectivity index (χ2n) is 7.05. The SMILES string of the molecule is COc1ccc(CN2CCN(CC(CS(=O)(=O)O)OC(C)=O)CC2)c(OC)c1OC.[NaH]. The average molecular weight is 471 g/mol. The molecule has 172 valence electrons. The number of piperazine rings is 1. The van der Waals surface area contributed by atoms with Crippen LogP contribution in [0.15, 0.2) is 12.1 Å². The van der Waals surface area contributed by atoms with Gasteiger partial charge in [-0.1, -0.05) is 6.07 Å².